The second kappa shape index (κ2) is 3.14. The van der Waals surface area contributed by atoms with E-state index in [0.717, 1.165) is 5.92 Å². The maximum atomic E-state index is 2.31. The van der Waals surface area contributed by atoms with E-state index in [-0.39, 0.29) is 0 Å². The number of hydrogen-bond acceptors (Lipinski definition) is 0. The molecule has 1 aliphatic rings. The highest BCUT2D eigenvalue weighted by molar-refractivity contribution is 5.55. The minimum atomic E-state index is 0.719. The summed E-state index contributed by atoms with van der Waals surface area (Å²) in [5.41, 5.74) is 2.91. The third kappa shape index (κ3) is 1.29. The lowest BCUT2D eigenvalue weighted by Crippen LogP contribution is -1.93. The maximum absolute atomic E-state index is 2.31. The first-order valence-electron chi connectivity index (χ1n) is 4.63. The fourth-order valence-electron chi connectivity index (χ4n) is 1.82. The molecule has 0 radical (unpaired) electrons. The molecule has 1 atom stereocenters. The highest BCUT2D eigenvalue weighted by atomic mass is 14.1. The van der Waals surface area contributed by atoms with Gasteiger partial charge in [-0.15, -0.1) is 0 Å². The predicted molar refractivity (Wildman–Crippen MR) is 53.1 cm³/mol. The topological polar surface area (TPSA) is 0 Å². The molecule has 0 amide bonds. The molecule has 1 aromatic rings. The molecule has 1 aromatic carbocycles. The SMILES string of the molecule is CC1CCC=Cc2ccccc21. The van der Waals surface area contributed by atoms with Gasteiger partial charge in [-0.25, -0.2) is 0 Å². The molecule has 12 heavy (non-hydrogen) atoms. The van der Waals surface area contributed by atoms with Crippen LogP contribution in [0.25, 0.3) is 6.08 Å². The van der Waals surface area contributed by atoms with Crippen LogP contribution in [0, 0.1) is 0 Å². The van der Waals surface area contributed by atoms with Gasteiger partial charge in [0.15, 0.2) is 0 Å². The summed E-state index contributed by atoms with van der Waals surface area (Å²) in [4.78, 5) is 0. The molecule has 0 heterocycles. The van der Waals surface area contributed by atoms with Gasteiger partial charge in [0.05, 0.1) is 0 Å². The first-order chi connectivity index (χ1) is 5.88. The van der Waals surface area contributed by atoms with Gasteiger partial charge in [-0.2, -0.15) is 0 Å². The van der Waals surface area contributed by atoms with Crippen LogP contribution in [0.1, 0.15) is 36.8 Å². The minimum absolute atomic E-state index is 0.719. The van der Waals surface area contributed by atoms with E-state index in [1.165, 1.54) is 24.0 Å². The molecule has 1 unspecified atom stereocenters. The molecule has 0 heteroatoms. The van der Waals surface area contributed by atoms with Crippen molar-refractivity contribution in [3.05, 3.63) is 41.5 Å². The molecule has 0 aliphatic heterocycles. The zero-order valence-corrected chi connectivity index (χ0v) is 7.46. The Balaban J connectivity index is 2.49. The Morgan fingerprint density at radius 3 is 3.00 bits per heavy atom. The summed E-state index contributed by atoms with van der Waals surface area (Å²) in [6.07, 6.45) is 7.03. The summed E-state index contributed by atoms with van der Waals surface area (Å²) in [7, 11) is 0. The van der Waals surface area contributed by atoms with Crippen LogP contribution in [0.4, 0.5) is 0 Å². The summed E-state index contributed by atoms with van der Waals surface area (Å²) in [6, 6.07) is 8.69. The summed E-state index contributed by atoms with van der Waals surface area (Å²) in [6.45, 7) is 2.31. The van der Waals surface area contributed by atoms with Gasteiger partial charge in [-0.05, 0) is 29.9 Å². The van der Waals surface area contributed by atoms with Crippen molar-refractivity contribution in [2.24, 2.45) is 0 Å². The van der Waals surface area contributed by atoms with Crippen molar-refractivity contribution in [3.63, 3.8) is 0 Å². The van der Waals surface area contributed by atoms with Gasteiger partial charge in [0.1, 0.15) is 0 Å². The smallest absolute Gasteiger partial charge is 0.0182 e. The van der Waals surface area contributed by atoms with Crippen LogP contribution < -0.4 is 0 Å². The molecule has 0 spiro atoms. The molecule has 0 bridgehead atoms. The molecule has 0 nitrogen and oxygen atoms in total. The summed E-state index contributed by atoms with van der Waals surface area (Å²) < 4.78 is 0. The number of hydrogen-bond donors (Lipinski definition) is 0. The molecule has 1 aliphatic carbocycles. The molecule has 0 saturated carbocycles. The average molecular weight is 158 g/mol. The van der Waals surface area contributed by atoms with E-state index >= 15 is 0 Å². The van der Waals surface area contributed by atoms with Gasteiger partial charge >= 0.3 is 0 Å². The highest BCUT2D eigenvalue weighted by Gasteiger charge is 2.09. The number of fused-ring (bicyclic) bond motifs is 1. The molecule has 0 N–H and O–H groups in total. The number of allylic oxidation sites excluding steroid dienone is 1. The van der Waals surface area contributed by atoms with Gasteiger partial charge in [0, 0.05) is 0 Å². The second-order valence-electron chi connectivity index (χ2n) is 3.51. The standard InChI is InChI=1S/C12H14/c1-10-6-2-3-7-11-8-4-5-9-12(10)11/h3-5,7-10H,2,6H2,1H3. The average Bonchev–Trinajstić information content (AvgIpc) is 2.29. The molecule has 2 rings (SSSR count). The van der Waals surface area contributed by atoms with Gasteiger partial charge in [-0.1, -0.05) is 43.3 Å². The Bertz CT molecular complexity index is 297. The third-order valence-corrected chi connectivity index (χ3v) is 2.59. The predicted octanol–water partition coefficient (Wildman–Crippen LogP) is 3.60. The fraction of sp³-hybridized carbons (Fsp3) is 0.333. The normalized spacial score (nSPS) is 21.6. The van der Waals surface area contributed by atoms with Crippen LogP contribution in [0.3, 0.4) is 0 Å². The van der Waals surface area contributed by atoms with E-state index in [4.69, 9.17) is 0 Å². The lowest BCUT2D eigenvalue weighted by atomic mass is 9.94. The van der Waals surface area contributed by atoms with Crippen LogP contribution in [0.15, 0.2) is 30.3 Å². The van der Waals surface area contributed by atoms with E-state index in [9.17, 15) is 0 Å². The van der Waals surface area contributed by atoms with E-state index in [2.05, 4.69) is 43.3 Å². The van der Waals surface area contributed by atoms with Crippen molar-refractivity contribution >= 4 is 6.08 Å². The molecule has 0 fully saturated rings. The van der Waals surface area contributed by atoms with E-state index in [0.29, 0.717) is 0 Å². The summed E-state index contributed by atoms with van der Waals surface area (Å²) in [5.74, 6) is 0.719. The first kappa shape index (κ1) is 7.60. The maximum Gasteiger partial charge on any atom is -0.0182 e. The van der Waals surface area contributed by atoms with E-state index in [1.54, 1.807) is 0 Å². The molecular formula is C12H14. The molecule has 0 aromatic heterocycles. The Morgan fingerprint density at radius 2 is 2.08 bits per heavy atom. The lowest BCUT2D eigenvalue weighted by molar-refractivity contribution is 0.696. The Hall–Kier alpha value is -1.04. The summed E-state index contributed by atoms with van der Waals surface area (Å²) in [5, 5.41) is 0. The first-order valence-corrected chi connectivity index (χ1v) is 4.63. The largest absolute Gasteiger partial charge is 0.0839 e. The molecule has 0 saturated heterocycles. The summed E-state index contributed by atoms with van der Waals surface area (Å²) >= 11 is 0. The van der Waals surface area contributed by atoms with Crippen LogP contribution in [-0.2, 0) is 0 Å². The van der Waals surface area contributed by atoms with Gasteiger partial charge in [-0.3, -0.25) is 0 Å². The van der Waals surface area contributed by atoms with Crippen molar-refractivity contribution in [1.82, 2.24) is 0 Å². The Kier molecular flexibility index (Phi) is 1.99. The van der Waals surface area contributed by atoms with E-state index < -0.39 is 0 Å². The fourth-order valence-corrected chi connectivity index (χ4v) is 1.82. The van der Waals surface area contributed by atoms with Crippen LogP contribution in [0.5, 0.6) is 0 Å². The van der Waals surface area contributed by atoms with Crippen molar-refractivity contribution in [1.29, 1.82) is 0 Å². The van der Waals surface area contributed by atoms with Gasteiger partial charge in [0.25, 0.3) is 0 Å². The highest BCUT2D eigenvalue weighted by Crippen LogP contribution is 2.27. The quantitative estimate of drug-likeness (QED) is 0.541. The lowest BCUT2D eigenvalue weighted by Gasteiger charge is -2.10. The zero-order chi connectivity index (χ0) is 8.39. The molecule has 62 valence electrons. The minimum Gasteiger partial charge on any atom is -0.0839 e. The van der Waals surface area contributed by atoms with Gasteiger partial charge in [0.2, 0.25) is 0 Å². The Morgan fingerprint density at radius 1 is 1.25 bits per heavy atom. The number of rotatable bonds is 0. The second-order valence-corrected chi connectivity index (χ2v) is 3.51. The van der Waals surface area contributed by atoms with Gasteiger partial charge < -0.3 is 0 Å². The van der Waals surface area contributed by atoms with Crippen LogP contribution >= 0.6 is 0 Å². The monoisotopic (exact) mass is 158 g/mol. The van der Waals surface area contributed by atoms with Crippen molar-refractivity contribution in [3.8, 4) is 0 Å². The third-order valence-electron chi connectivity index (χ3n) is 2.59. The zero-order valence-electron chi connectivity index (χ0n) is 7.46. The Labute approximate surface area is 73.9 Å². The number of benzene rings is 1. The van der Waals surface area contributed by atoms with Crippen LogP contribution in [-0.4, -0.2) is 0 Å². The van der Waals surface area contributed by atoms with Crippen molar-refractivity contribution < 1.29 is 0 Å². The van der Waals surface area contributed by atoms with Crippen molar-refractivity contribution in [2.75, 3.05) is 0 Å². The van der Waals surface area contributed by atoms with E-state index in [1.807, 2.05) is 0 Å². The molecular weight excluding hydrogens is 144 g/mol. The van der Waals surface area contributed by atoms with Crippen LogP contribution in [0.2, 0.25) is 0 Å². The van der Waals surface area contributed by atoms with Crippen molar-refractivity contribution in [2.45, 2.75) is 25.7 Å².